The van der Waals surface area contributed by atoms with Crippen molar-refractivity contribution >= 4 is 39.1 Å². The Kier molecular flexibility index (Phi) is 6.57. The van der Waals surface area contributed by atoms with Crippen LogP contribution in [0.1, 0.15) is 24.2 Å². The summed E-state index contributed by atoms with van der Waals surface area (Å²) >= 11 is 3.45. The first-order valence-corrected chi connectivity index (χ1v) is 10.1. The number of ether oxygens (including phenoxy) is 1. The van der Waals surface area contributed by atoms with E-state index in [4.69, 9.17) is 4.74 Å². The molecule has 0 atom stereocenters. The lowest BCUT2D eigenvalue weighted by Crippen LogP contribution is -2.48. The second-order valence-electron chi connectivity index (χ2n) is 6.54. The highest BCUT2D eigenvalue weighted by atomic mass is 79.9. The minimum Gasteiger partial charge on any atom is -0.493 e. The van der Waals surface area contributed by atoms with Crippen molar-refractivity contribution in [2.45, 2.75) is 13.8 Å². The molecule has 28 heavy (non-hydrogen) atoms. The standard InChI is InChI=1S/C21H24BrN3O3/c1-3-28-20-9-8-16(14-17(20)22)21(27)23-18-6-4-5-7-19(18)25-12-10-24(11-13-25)15(2)26/h4-9,14H,3,10-13H2,1-2H3,(H,23,27). The maximum absolute atomic E-state index is 12.8. The molecule has 2 aromatic carbocycles. The summed E-state index contributed by atoms with van der Waals surface area (Å²) in [6.45, 7) is 6.92. The van der Waals surface area contributed by atoms with Crippen LogP contribution >= 0.6 is 15.9 Å². The van der Waals surface area contributed by atoms with Gasteiger partial charge in [0.1, 0.15) is 5.75 Å². The van der Waals surface area contributed by atoms with Crippen molar-refractivity contribution in [1.29, 1.82) is 0 Å². The summed E-state index contributed by atoms with van der Waals surface area (Å²) in [5, 5.41) is 3.01. The van der Waals surface area contributed by atoms with E-state index in [-0.39, 0.29) is 11.8 Å². The smallest absolute Gasteiger partial charge is 0.255 e. The fourth-order valence-corrected chi connectivity index (χ4v) is 3.72. The molecule has 3 rings (SSSR count). The summed E-state index contributed by atoms with van der Waals surface area (Å²) in [6.07, 6.45) is 0. The topological polar surface area (TPSA) is 61.9 Å². The summed E-state index contributed by atoms with van der Waals surface area (Å²) in [7, 11) is 0. The monoisotopic (exact) mass is 445 g/mol. The molecule has 0 aliphatic carbocycles. The molecule has 0 aromatic heterocycles. The van der Waals surface area contributed by atoms with Gasteiger partial charge in [-0.1, -0.05) is 12.1 Å². The van der Waals surface area contributed by atoms with Gasteiger partial charge in [0.05, 0.1) is 22.5 Å². The van der Waals surface area contributed by atoms with E-state index in [0.29, 0.717) is 31.0 Å². The zero-order chi connectivity index (χ0) is 20.1. The van der Waals surface area contributed by atoms with Gasteiger partial charge >= 0.3 is 0 Å². The predicted molar refractivity (Wildman–Crippen MR) is 114 cm³/mol. The first kappa shape index (κ1) is 20.2. The Morgan fingerprint density at radius 1 is 1.11 bits per heavy atom. The van der Waals surface area contributed by atoms with Crippen molar-refractivity contribution in [1.82, 2.24) is 4.90 Å². The minimum absolute atomic E-state index is 0.0994. The number of hydrogen-bond acceptors (Lipinski definition) is 4. The van der Waals surface area contributed by atoms with Crippen molar-refractivity contribution in [3.63, 3.8) is 0 Å². The van der Waals surface area contributed by atoms with Crippen LogP contribution in [0, 0.1) is 0 Å². The largest absolute Gasteiger partial charge is 0.493 e. The van der Waals surface area contributed by atoms with Gasteiger partial charge in [0, 0.05) is 38.7 Å². The molecule has 0 radical (unpaired) electrons. The van der Waals surface area contributed by atoms with Crippen LogP contribution in [0.5, 0.6) is 5.75 Å². The molecule has 1 heterocycles. The van der Waals surface area contributed by atoms with Crippen LogP contribution in [0.2, 0.25) is 0 Å². The van der Waals surface area contributed by atoms with Gasteiger partial charge < -0.3 is 19.9 Å². The highest BCUT2D eigenvalue weighted by Gasteiger charge is 2.21. The lowest BCUT2D eigenvalue weighted by molar-refractivity contribution is -0.129. The van der Waals surface area contributed by atoms with E-state index in [0.717, 1.165) is 28.9 Å². The van der Waals surface area contributed by atoms with Gasteiger partial charge in [0.15, 0.2) is 0 Å². The number of carbonyl (C=O) groups is 2. The molecule has 148 valence electrons. The lowest BCUT2D eigenvalue weighted by Gasteiger charge is -2.36. The van der Waals surface area contributed by atoms with Gasteiger partial charge in [-0.25, -0.2) is 0 Å². The lowest BCUT2D eigenvalue weighted by atomic mass is 10.1. The number of para-hydroxylation sites is 2. The number of anilines is 2. The van der Waals surface area contributed by atoms with Crippen LogP contribution in [0.3, 0.4) is 0 Å². The first-order valence-electron chi connectivity index (χ1n) is 9.32. The molecular formula is C21H24BrN3O3. The molecule has 1 fully saturated rings. The van der Waals surface area contributed by atoms with Crippen LogP contribution in [-0.4, -0.2) is 49.5 Å². The maximum Gasteiger partial charge on any atom is 0.255 e. The Morgan fingerprint density at radius 3 is 2.46 bits per heavy atom. The van der Waals surface area contributed by atoms with Gasteiger partial charge in [-0.2, -0.15) is 0 Å². The first-order chi connectivity index (χ1) is 13.5. The number of amides is 2. The van der Waals surface area contributed by atoms with Gasteiger partial charge in [-0.3, -0.25) is 9.59 Å². The highest BCUT2D eigenvalue weighted by Crippen LogP contribution is 2.29. The van der Waals surface area contributed by atoms with E-state index in [1.165, 1.54) is 0 Å². The number of nitrogens with one attached hydrogen (secondary N) is 1. The van der Waals surface area contributed by atoms with Crippen molar-refractivity contribution in [3.8, 4) is 5.75 Å². The number of carbonyl (C=O) groups excluding carboxylic acids is 2. The number of halogens is 1. The minimum atomic E-state index is -0.182. The summed E-state index contributed by atoms with van der Waals surface area (Å²) in [5.74, 6) is 0.628. The molecule has 1 N–H and O–H groups in total. The molecule has 1 aliphatic heterocycles. The molecule has 2 aromatic rings. The van der Waals surface area contributed by atoms with Crippen molar-refractivity contribution < 1.29 is 14.3 Å². The zero-order valence-corrected chi connectivity index (χ0v) is 17.7. The summed E-state index contributed by atoms with van der Waals surface area (Å²) in [6, 6.07) is 13.0. The van der Waals surface area contributed by atoms with Crippen molar-refractivity contribution in [2.75, 3.05) is 43.0 Å². The zero-order valence-electron chi connectivity index (χ0n) is 16.1. The quantitative estimate of drug-likeness (QED) is 0.760. The fraction of sp³-hybridized carbons (Fsp3) is 0.333. The predicted octanol–water partition coefficient (Wildman–Crippen LogP) is 3.77. The van der Waals surface area contributed by atoms with Crippen molar-refractivity contribution in [2.24, 2.45) is 0 Å². The van der Waals surface area contributed by atoms with Crippen LogP contribution in [0.25, 0.3) is 0 Å². The molecule has 0 spiro atoms. The van der Waals surface area contributed by atoms with E-state index >= 15 is 0 Å². The Balaban J connectivity index is 1.74. The second-order valence-corrected chi connectivity index (χ2v) is 7.40. The van der Waals surface area contributed by atoms with E-state index in [9.17, 15) is 9.59 Å². The van der Waals surface area contributed by atoms with Gasteiger partial charge in [-0.05, 0) is 53.2 Å². The van der Waals surface area contributed by atoms with E-state index in [1.807, 2.05) is 36.1 Å². The average Bonchev–Trinajstić information content (AvgIpc) is 2.70. The normalized spacial score (nSPS) is 14.0. The number of piperazine rings is 1. The third kappa shape index (κ3) is 4.65. The fourth-order valence-electron chi connectivity index (χ4n) is 3.23. The van der Waals surface area contributed by atoms with Crippen LogP contribution in [0.4, 0.5) is 11.4 Å². The van der Waals surface area contributed by atoms with Gasteiger partial charge in [0.25, 0.3) is 5.91 Å². The van der Waals surface area contributed by atoms with Crippen molar-refractivity contribution in [3.05, 3.63) is 52.5 Å². The van der Waals surface area contributed by atoms with E-state index in [1.54, 1.807) is 25.1 Å². The Morgan fingerprint density at radius 2 is 1.82 bits per heavy atom. The van der Waals surface area contributed by atoms with Gasteiger partial charge in [0.2, 0.25) is 5.91 Å². The Bertz CT molecular complexity index is 864. The number of benzene rings is 2. The molecule has 0 unspecified atom stereocenters. The van der Waals surface area contributed by atoms with E-state index < -0.39 is 0 Å². The molecule has 2 amide bonds. The molecule has 1 aliphatic rings. The summed E-state index contributed by atoms with van der Waals surface area (Å²) < 4.78 is 6.25. The molecule has 1 saturated heterocycles. The second kappa shape index (κ2) is 9.10. The third-order valence-electron chi connectivity index (χ3n) is 4.71. The molecule has 6 nitrogen and oxygen atoms in total. The third-order valence-corrected chi connectivity index (χ3v) is 5.33. The van der Waals surface area contributed by atoms with Crippen LogP contribution < -0.4 is 15.0 Å². The number of rotatable bonds is 5. The van der Waals surface area contributed by atoms with Crippen LogP contribution in [0.15, 0.2) is 46.9 Å². The molecule has 0 bridgehead atoms. The Labute approximate surface area is 173 Å². The average molecular weight is 446 g/mol. The van der Waals surface area contributed by atoms with Crippen LogP contribution in [-0.2, 0) is 4.79 Å². The molecular weight excluding hydrogens is 422 g/mol. The van der Waals surface area contributed by atoms with Gasteiger partial charge in [-0.15, -0.1) is 0 Å². The maximum atomic E-state index is 12.8. The SMILES string of the molecule is CCOc1ccc(C(=O)Nc2ccccc2N2CCN(C(C)=O)CC2)cc1Br. The number of nitrogens with zero attached hydrogens (tertiary/aromatic N) is 2. The number of hydrogen-bond donors (Lipinski definition) is 1. The molecule has 0 saturated carbocycles. The molecule has 7 heteroatoms. The Hall–Kier alpha value is -2.54. The summed E-state index contributed by atoms with van der Waals surface area (Å²) in [5.41, 5.74) is 2.27. The summed E-state index contributed by atoms with van der Waals surface area (Å²) in [4.78, 5) is 28.3. The highest BCUT2D eigenvalue weighted by molar-refractivity contribution is 9.10. The van der Waals surface area contributed by atoms with E-state index in [2.05, 4.69) is 26.1 Å².